The molecule has 0 atom stereocenters. The Kier molecular flexibility index (Phi) is 4.85. The molecule has 0 aromatic heterocycles. The molecule has 118 valence electrons. The maximum absolute atomic E-state index is 12.8. The van der Waals surface area contributed by atoms with Gasteiger partial charge in [-0.05, 0) is 29.9 Å². The zero-order valence-electron chi connectivity index (χ0n) is 12.4. The largest absolute Gasteiger partial charge is 0.241 e. The molecule has 0 unspecified atom stereocenters. The first-order chi connectivity index (χ1) is 10.6. The van der Waals surface area contributed by atoms with Crippen LogP contribution < -0.4 is 4.72 Å². The van der Waals surface area contributed by atoms with Gasteiger partial charge < -0.3 is 0 Å². The number of halogens is 1. The number of nitrogens with one attached hydrogen (secondary N) is 1. The lowest BCUT2D eigenvalue weighted by Crippen LogP contribution is -2.36. The predicted octanol–water partition coefficient (Wildman–Crippen LogP) is 4.35. The van der Waals surface area contributed by atoms with E-state index in [2.05, 4.69) is 20.7 Å². The van der Waals surface area contributed by atoms with Crippen LogP contribution in [-0.4, -0.2) is 14.5 Å². The van der Waals surface area contributed by atoms with E-state index < -0.39 is 10.0 Å². The summed E-state index contributed by atoms with van der Waals surface area (Å²) in [6, 6.07) is 11.4. The zero-order valence-corrected chi connectivity index (χ0v) is 14.8. The van der Waals surface area contributed by atoms with Crippen LogP contribution >= 0.6 is 15.9 Å². The lowest BCUT2D eigenvalue weighted by molar-refractivity contribution is 0.412. The van der Waals surface area contributed by atoms with E-state index in [1.54, 1.807) is 6.07 Å². The molecule has 0 heterocycles. The molecule has 1 N–H and O–H groups in total. The van der Waals surface area contributed by atoms with E-state index in [1.807, 2.05) is 30.3 Å². The topological polar surface area (TPSA) is 46.2 Å². The molecule has 0 saturated heterocycles. The smallest absolute Gasteiger partial charge is 0.208 e. The van der Waals surface area contributed by atoms with Gasteiger partial charge in [0, 0.05) is 16.8 Å². The minimum absolute atomic E-state index is 0.0772. The van der Waals surface area contributed by atoms with E-state index >= 15 is 0 Å². The second kappa shape index (κ2) is 6.69. The van der Waals surface area contributed by atoms with Gasteiger partial charge in [-0.3, -0.25) is 0 Å². The van der Waals surface area contributed by atoms with Gasteiger partial charge in [0.25, 0.3) is 0 Å². The summed E-state index contributed by atoms with van der Waals surface area (Å²) in [5, 5.41) is 2.50. The fraction of sp³-hybridized carbons (Fsp3) is 0.412. The van der Waals surface area contributed by atoms with Gasteiger partial charge >= 0.3 is 0 Å². The molecule has 22 heavy (non-hydrogen) atoms. The molecule has 3 rings (SSSR count). The molecule has 0 amide bonds. The first kappa shape index (κ1) is 16.0. The van der Waals surface area contributed by atoms with Crippen LogP contribution in [-0.2, 0) is 15.4 Å². The predicted molar refractivity (Wildman–Crippen MR) is 93.8 cm³/mol. The van der Waals surface area contributed by atoms with Crippen LogP contribution in [0.25, 0.3) is 10.8 Å². The second-order valence-electron chi connectivity index (χ2n) is 5.86. The maximum atomic E-state index is 12.8. The number of benzene rings is 2. The third-order valence-corrected chi connectivity index (χ3v) is 6.52. The molecule has 0 bridgehead atoms. The Bertz CT molecular complexity index is 767. The highest BCUT2D eigenvalue weighted by atomic mass is 79.9. The van der Waals surface area contributed by atoms with Crippen LogP contribution in [0.5, 0.6) is 0 Å². The summed E-state index contributed by atoms with van der Waals surface area (Å²) in [5.41, 5.74) is 1.10. The average Bonchev–Trinajstić information content (AvgIpc) is 2.54. The summed E-state index contributed by atoms with van der Waals surface area (Å²) < 4.78 is 28.5. The van der Waals surface area contributed by atoms with E-state index in [0.29, 0.717) is 10.2 Å². The molecule has 3 nitrogen and oxygen atoms in total. The van der Waals surface area contributed by atoms with E-state index in [9.17, 15) is 8.42 Å². The molecule has 2 aromatic carbocycles. The summed E-state index contributed by atoms with van der Waals surface area (Å²) in [5.74, 6) is 0. The molecule has 1 fully saturated rings. The van der Waals surface area contributed by atoms with Gasteiger partial charge in [-0.15, -0.1) is 0 Å². The molecule has 1 saturated carbocycles. The molecule has 0 radical (unpaired) electrons. The lowest BCUT2D eigenvalue weighted by Gasteiger charge is -2.23. The first-order valence-corrected chi connectivity index (χ1v) is 10.3. The fourth-order valence-corrected chi connectivity index (χ4v) is 5.19. The van der Waals surface area contributed by atoms with Gasteiger partial charge in [-0.25, -0.2) is 13.1 Å². The SMILES string of the molecule is O=S(=O)(NC1CCCCC1)c1ccc(CBr)c2ccccc12. The number of sulfonamides is 1. The van der Waals surface area contributed by atoms with Crippen LogP contribution in [0.4, 0.5) is 0 Å². The van der Waals surface area contributed by atoms with Crippen molar-refractivity contribution in [2.45, 2.75) is 48.4 Å². The molecular weight excluding hydrogens is 362 g/mol. The Morgan fingerprint density at radius 3 is 2.36 bits per heavy atom. The number of hydrogen-bond acceptors (Lipinski definition) is 2. The standard InChI is InChI=1S/C17H20BrNO2S/c18-12-13-10-11-17(16-9-5-4-8-15(13)16)22(20,21)19-14-6-2-1-3-7-14/h4-5,8-11,14,19H,1-3,6-7,12H2. The quantitative estimate of drug-likeness (QED) is 0.800. The Labute approximate surface area is 140 Å². The van der Waals surface area contributed by atoms with E-state index in [0.717, 1.165) is 42.0 Å². The molecule has 0 aliphatic heterocycles. The molecule has 2 aromatic rings. The van der Waals surface area contributed by atoms with Crippen molar-refractivity contribution in [3.05, 3.63) is 42.0 Å². The van der Waals surface area contributed by atoms with Gasteiger partial charge in [0.2, 0.25) is 10.0 Å². The second-order valence-corrected chi connectivity index (χ2v) is 8.10. The Balaban J connectivity index is 2.01. The molecule has 5 heteroatoms. The molecule has 1 aliphatic carbocycles. The number of fused-ring (bicyclic) bond motifs is 1. The Morgan fingerprint density at radius 2 is 1.68 bits per heavy atom. The Hall–Kier alpha value is -0.910. The fourth-order valence-electron chi connectivity index (χ4n) is 3.19. The van der Waals surface area contributed by atoms with Crippen LogP contribution in [0.15, 0.2) is 41.3 Å². The van der Waals surface area contributed by atoms with Crippen LogP contribution in [0, 0.1) is 0 Å². The van der Waals surface area contributed by atoms with Crippen molar-refractivity contribution in [2.24, 2.45) is 0 Å². The summed E-state index contributed by atoms with van der Waals surface area (Å²) >= 11 is 3.47. The minimum Gasteiger partial charge on any atom is -0.208 e. The summed E-state index contributed by atoms with van der Waals surface area (Å²) in [6.45, 7) is 0. The van der Waals surface area contributed by atoms with Crippen LogP contribution in [0.1, 0.15) is 37.7 Å². The number of rotatable bonds is 4. The third-order valence-electron chi connectivity index (χ3n) is 4.33. The van der Waals surface area contributed by atoms with Gasteiger partial charge in [0.15, 0.2) is 0 Å². The van der Waals surface area contributed by atoms with E-state index in [1.165, 1.54) is 6.42 Å². The van der Waals surface area contributed by atoms with E-state index in [-0.39, 0.29) is 6.04 Å². The van der Waals surface area contributed by atoms with Crippen molar-refractivity contribution in [1.29, 1.82) is 0 Å². The van der Waals surface area contributed by atoms with E-state index in [4.69, 9.17) is 0 Å². The Morgan fingerprint density at radius 1 is 1.00 bits per heavy atom. The number of hydrogen-bond donors (Lipinski definition) is 1. The highest BCUT2D eigenvalue weighted by Crippen LogP contribution is 2.28. The van der Waals surface area contributed by atoms with Gasteiger partial charge in [-0.1, -0.05) is 65.5 Å². The zero-order chi connectivity index (χ0) is 15.6. The monoisotopic (exact) mass is 381 g/mol. The van der Waals surface area contributed by atoms with Crippen molar-refractivity contribution in [3.8, 4) is 0 Å². The normalized spacial score (nSPS) is 17.0. The minimum atomic E-state index is -3.48. The average molecular weight is 382 g/mol. The van der Waals surface area contributed by atoms with Crippen molar-refractivity contribution >= 4 is 36.7 Å². The highest BCUT2D eigenvalue weighted by molar-refractivity contribution is 9.08. The van der Waals surface area contributed by atoms with Crippen LogP contribution in [0.2, 0.25) is 0 Å². The maximum Gasteiger partial charge on any atom is 0.241 e. The van der Waals surface area contributed by atoms with Crippen LogP contribution in [0.3, 0.4) is 0 Å². The summed E-state index contributed by atoms with van der Waals surface area (Å²) in [4.78, 5) is 0.387. The van der Waals surface area contributed by atoms with Crippen molar-refractivity contribution in [2.75, 3.05) is 0 Å². The molecule has 0 spiro atoms. The van der Waals surface area contributed by atoms with Crippen molar-refractivity contribution in [3.63, 3.8) is 0 Å². The number of alkyl halides is 1. The first-order valence-electron chi connectivity index (χ1n) is 7.71. The third kappa shape index (κ3) is 3.21. The van der Waals surface area contributed by atoms with Gasteiger partial charge in [0.05, 0.1) is 4.90 Å². The van der Waals surface area contributed by atoms with Crippen molar-refractivity contribution in [1.82, 2.24) is 4.72 Å². The van der Waals surface area contributed by atoms with Gasteiger partial charge in [0.1, 0.15) is 0 Å². The lowest BCUT2D eigenvalue weighted by atomic mass is 9.96. The van der Waals surface area contributed by atoms with Gasteiger partial charge in [-0.2, -0.15) is 0 Å². The summed E-state index contributed by atoms with van der Waals surface area (Å²) in [7, 11) is -3.48. The molecule has 1 aliphatic rings. The highest BCUT2D eigenvalue weighted by Gasteiger charge is 2.23. The summed E-state index contributed by atoms with van der Waals surface area (Å²) in [6.07, 6.45) is 5.31. The molecular formula is C17H20BrNO2S. The van der Waals surface area contributed by atoms with Crippen molar-refractivity contribution < 1.29 is 8.42 Å².